The summed E-state index contributed by atoms with van der Waals surface area (Å²) in [5, 5.41) is 3.86. The van der Waals surface area contributed by atoms with E-state index in [2.05, 4.69) is 22.3 Å². The Morgan fingerprint density at radius 2 is 1.82 bits per heavy atom. The lowest BCUT2D eigenvalue weighted by Crippen LogP contribution is -2.29. The van der Waals surface area contributed by atoms with Crippen molar-refractivity contribution in [2.45, 2.75) is 37.8 Å². The largest absolute Gasteiger partial charge is 0.465 e. The highest BCUT2D eigenvalue weighted by Gasteiger charge is 2.52. The molecule has 2 aliphatic rings. The lowest BCUT2D eigenvalue weighted by Gasteiger charge is -2.23. The van der Waals surface area contributed by atoms with E-state index in [1.54, 1.807) is 12.1 Å². The van der Waals surface area contributed by atoms with E-state index in [0.717, 1.165) is 41.2 Å². The molecule has 5 nitrogen and oxygen atoms in total. The van der Waals surface area contributed by atoms with E-state index in [9.17, 15) is 9.59 Å². The van der Waals surface area contributed by atoms with Gasteiger partial charge in [0.05, 0.1) is 30.0 Å². The summed E-state index contributed by atoms with van der Waals surface area (Å²) < 4.78 is 4.76. The summed E-state index contributed by atoms with van der Waals surface area (Å²) in [7, 11) is 1.36. The molecule has 34 heavy (non-hydrogen) atoms. The first kappa shape index (κ1) is 22.5. The number of methoxy groups -OCH3 is 1. The second-order valence-corrected chi connectivity index (χ2v) is 9.71. The standard InChI is InChI=1S/C28H27ClN2O3/c1-18(20-9-11-21(12-10-20)27(33)34-2)30-26(32)23-7-4-8-24-25(23)31(17-28(24)13-14-28)16-19-5-3-6-22(29)15-19/h3-12,15,18H,13-14,16-17H2,1-2H3,(H,30,32)/t18-/m0/s1. The van der Waals surface area contributed by atoms with E-state index >= 15 is 0 Å². The van der Waals surface area contributed by atoms with Gasteiger partial charge in [0.2, 0.25) is 0 Å². The van der Waals surface area contributed by atoms with Gasteiger partial charge < -0.3 is 15.0 Å². The van der Waals surface area contributed by atoms with Gasteiger partial charge in [-0.15, -0.1) is 0 Å². The van der Waals surface area contributed by atoms with Crippen molar-refractivity contribution in [2.75, 3.05) is 18.6 Å². The Bertz CT molecular complexity index is 1250. The van der Waals surface area contributed by atoms with Gasteiger partial charge >= 0.3 is 5.97 Å². The molecule has 1 fully saturated rings. The molecule has 0 radical (unpaired) electrons. The highest BCUT2D eigenvalue weighted by Crippen LogP contribution is 2.57. The Hall–Kier alpha value is -3.31. The van der Waals surface area contributed by atoms with Gasteiger partial charge in [-0.2, -0.15) is 0 Å². The van der Waals surface area contributed by atoms with Gasteiger partial charge in [0.25, 0.3) is 5.91 Å². The number of carbonyl (C=O) groups excluding carboxylic acids is 2. The highest BCUT2D eigenvalue weighted by molar-refractivity contribution is 6.30. The fraction of sp³-hybridized carbons (Fsp3) is 0.286. The van der Waals surface area contributed by atoms with Crippen molar-refractivity contribution in [3.63, 3.8) is 0 Å². The summed E-state index contributed by atoms with van der Waals surface area (Å²) in [4.78, 5) is 27.5. The molecule has 5 rings (SSSR count). The molecule has 0 aromatic heterocycles. The lowest BCUT2D eigenvalue weighted by atomic mass is 9.96. The summed E-state index contributed by atoms with van der Waals surface area (Å²) >= 11 is 6.22. The van der Waals surface area contributed by atoms with Crippen LogP contribution in [-0.4, -0.2) is 25.5 Å². The minimum absolute atomic E-state index is 0.102. The van der Waals surface area contributed by atoms with Crippen molar-refractivity contribution in [1.82, 2.24) is 5.32 Å². The zero-order valence-corrected chi connectivity index (χ0v) is 20.1. The molecular weight excluding hydrogens is 448 g/mol. The van der Waals surface area contributed by atoms with Gasteiger partial charge in [-0.05, 0) is 66.8 Å². The predicted octanol–water partition coefficient (Wildman–Crippen LogP) is 5.67. The summed E-state index contributed by atoms with van der Waals surface area (Å²) in [5.74, 6) is -0.480. The van der Waals surface area contributed by atoms with E-state index < -0.39 is 0 Å². The van der Waals surface area contributed by atoms with Crippen LogP contribution in [0.1, 0.15) is 63.2 Å². The molecule has 6 heteroatoms. The Kier molecular flexibility index (Phi) is 5.82. The molecular formula is C28H27ClN2O3. The van der Waals surface area contributed by atoms with Gasteiger partial charge in [-0.3, -0.25) is 4.79 Å². The van der Waals surface area contributed by atoms with Crippen LogP contribution in [0.2, 0.25) is 5.02 Å². The SMILES string of the molecule is COC(=O)c1ccc([C@H](C)NC(=O)c2cccc3c2N(Cc2cccc(Cl)c2)CC32CC2)cc1. The van der Waals surface area contributed by atoms with E-state index in [1.807, 2.05) is 49.4 Å². The number of carbonyl (C=O) groups is 2. The minimum Gasteiger partial charge on any atom is -0.465 e. The molecule has 1 atom stereocenters. The number of halogens is 1. The van der Waals surface area contributed by atoms with Gasteiger partial charge in [-0.25, -0.2) is 4.79 Å². The summed E-state index contributed by atoms with van der Waals surface area (Å²) in [6, 6.07) is 20.9. The zero-order chi connectivity index (χ0) is 23.9. The number of benzene rings is 3. The maximum atomic E-state index is 13.5. The number of fused-ring (bicyclic) bond motifs is 2. The summed E-state index contributed by atoms with van der Waals surface area (Å²) in [5.41, 5.74) is 5.70. The Balaban J connectivity index is 1.40. The predicted molar refractivity (Wildman–Crippen MR) is 134 cm³/mol. The first-order chi connectivity index (χ1) is 16.4. The van der Waals surface area contributed by atoms with Crippen LogP contribution in [0.15, 0.2) is 66.7 Å². The lowest BCUT2D eigenvalue weighted by molar-refractivity contribution is 0.0600. The van der Waals surface area contributed by atoms with Crippen molar-refractivity contribution < 1.29 is 14.3 Å². The highest BCUT2D eigenvalue weighted by atomic mass is 35.5. The molecule has 1 N–H and O–H groups in total. The Morgan fingerprint density at radius 1 is 1.09 bits per heavy atom. The van der Waals surface area contributed by atoms with Crippen LogP contribution in [0.25, 0.3) is 0 Å². The topological polar surface area (TPSA) is 58.6 Å². The molecule has 3 aromatic rings. The third-order valence-electron chi connectivity index (χ3n) is 6.96. The third kappa shape index (κ3) is 4.16. The molecule has 1 spiro atoms. The van der Waals surface area contributed by atoms with Gasteiger partial charge in [0.1, 0.15) is 0 Å². The minimum atomic E-state index is -0.378. The van der Waals surface area contributed by atoms with Crippen molar-refractivity contribution >= 4 is 29.2 Å². The number of amides is 1. The fourth-order valence-electron chi connectivity index (χ4n) is 4.98. The molecule has 0 bridgehead atoms. The van der Waals surface area contributed by atoms with Crippen LogP contribution >= 0.6 is 11.6 Å². The maximum Gasteiger partial charge on any atom is 0.337 e. The quantitative estimate of drug-likeness (QED) is 0.468. The average molecular weight is 475 g/mol. The van der Waals surface area contributed by atoms with E-state index in [4.69, 9.17) is 16.3 Å². The molecule has 0 unspecified atom stereocenters. The molecule has 1 amide bonds. The van der Waals surface area contributed by atoms with Crippen LogP contribution in [-0.2, 0) is 16.7 Å². The Morgan fingerprint density at radius 3 is 2.50 bits per heavy atom. The second kappa shape index (κ2) is 8.80. The molecule has 1 aliphatic carbocycles. The summed E-state index contributed by atoms with van der Waals surface area (Å²) in [6.45, 7) is 3.58. The van der Waals surface area contributed by atoms with Crippen LogP contribution < -0.4 is 10.2 Å². The molecule has 1 aliphatic heterocycles. The number of hydrogen-bond donors (Lipinski definition) is 1. The maximum absolute atomic E-state index is 13.5. The van der Waals surface area contributed by atoms with E-state index in [0.29, 0.717) is 17.7 Å². The molecule has 1 saturated carbocycles. The second-order valence-electron chi connectivity index (χ2n) is 9.28. The van der Waals surface area contributed by atoms with Crippen molar-refractivity contribution in [3.05, 3.63) is 99.6 Å². The van der Waals surface area contributed by atoms with Gasteiger partial charge in [0, 0.05) is 23.5 Å². The number of nitrogens with one attached hydrogen (secondary N) is 1. The molecule has 3 aromatic carbocycles. The van der Waals surface area contributed by atoms with Gasteiger partial charge in [-0.1, -0.05) is 48.0 Å². The van der Waals surface area contributed by atoms with Crippen molar-refractivity contribution in [3.8, 4) is 0 Å². The molecule has 0 saturated heterocycles. The van der Waals surface area contributed by atoms with Gasteiger partial charge in [0.15, 0.2) is 0 Å². The third-order valence-corrected chi connectivity index (χ3v) is 7.19. The van der Waals surface area contributed by atoms with Crippen LogP contribution in [0.5, 0.6) is 0 Å². The Labute approximate surface area is 204 Å². The van der Waals surface area contributed by atoms with Crippen molar-refractivity contribution in [2.24, 2.45) is 0 Å². The van der Waals surface area contributed by atoms with E-state index in [1.165, 1.54) is 12.7 Å². The number of anilines is 1. The number of para-hydroxylation sites is 1. The van der Waals surface area contributed by atoms with Crippen LogP contribution in [0.3, 0.4) is 0 Å². The van der Waals surface area contributed by atoms with Crippen LogP contribution in [0, 0.1) is 0 Å². The van der Waals surface area contributed by atoms with Crippen LogP contribution in [0.4, 0.5) is 5.69 Å². The smallest absolute Gasteiger partial charge is 0.337 e. The molecule has 1 heterocycles. The van der Waals surface area contributed by atoms with Crippen molar-refractivity contribution in [1.29, 1.82) is 0 Å². The number of nitrogens with zero attached hydrogens (tertiary/aromatic N) is 1. The fourth-order valence-corrected chi connectivity index (χ4v) is 5.19. The first-order valence-electron chi connectivity index (χ1n) is 11.5. The number of ether oxygens (including phenoxy) is 1. The average Bonchev–Trinajstić information content (AvgIpc) is 3.56. The molecule has 174 valence electrons. The van der Waals surface area contributed by atoms with E-state index in [-0.39, 0.29) is 23.3 Å². The number of rotatable bonds is 6. The monoisotopic (exact) mass is 474 g/mol. The normalized spacial score (nSPS) is 16.1. The number of hydrogen-bond acceptors (Lipinski definition) is 4. The first-order valence-corrected chi connectivity index (χ1v) is 11.9. The number of esters is 1. The zero-order valence-electron chi connectivity index (χ0n) is 19.3. The summed E-state index contributed by atoms with van der Waals surface area (Å²) in [6.07, 6.45) is 2.31.